The van der Waals surface area contributed by atoms with Crippen LogP contribution in [0.3, 0.4) is 0 Å². The Labute approximate surface area is 551 Å². The molecule has 0 saturated heterocycles. The molecule has 0 heterocycles. The Morgan fingerprint density at radius 2 is 0.722 bits per heavy atom. The Morgan fingerprint density at radius 3 is 0.867 bits per heavy atom. The van der Waals surface area contributed by atoms with Crippen LogP contribution in [0.1, 0.15) is 346 Å². The molecule has 90 heavy (non-hydrogen) atoms. The van der Waals surface area contributed by atoms with Crippen LogP contribution in [0.4, 0.5) is 65.9 Å². The average molecular weight is 1340 g/mol. The number of hydrogen-bond donors (Lipinski definition) is 0. The summed E-state index contributed by atoms with van der Waals surface area (Å²) in [6, 6.07) is 0. The second-order valence-electron chi connectivity index (χ2n) is 32.0. The van der Waals surface area contributed by atoms with Gasteiger partial charge in [-0.3, -0.25) is 0 Å². The summed E-state index contributed by atoms with van der Waals surface area (Å²) < 4.78 is 194. The summed E-state index contributed by atoms with van der Waals surface area (Å²) in [6.45, 7) is 62.5. The molecule has 0 aliphatic heterocycles. The molecule has 0 amide bonds. The highest BCUT2D eigenvalue weighted by Gasteiger charge is 2.48. The molecule has 4 aliphatic rings. The fourth-order valence-electron chi connectivity index (χ4n) is 10.0. The normalized spacial score (nSPS) is 26.5. The average Bonchev–Trinajstić information content (AvgIpc) is 1.23. The van der Waals surface area contributed by atoms with Gasteiger partial charge in [-0.2, -0.15) is 65.9 Å². The van der Waals surface area contributed by atoms with Crippen molar-refractivity contribution in [2.24, 2.45) is 111 Å². The topological polar surface area (TPSA) is 0 Å². The molecule has 12 atom stereocenters. The van der Waals surface area contributed by atoms with Gasteiger partial charge in [-0.25, -0.2) is 0 Å². The van der Waals surface area contributed by atoms with Crippen molar-refractivity contribution in [2.45, 2.75) is 374 Å². The fourth-order valence-corrected chi connectivity index (χ4v) is 10.0. The van der Waals surface area contributed by atoms with Gasteiger partial charge >= 0.3 is 30.9 Å². The second kappa shape index (κ2) is 50.3. The fraction of sp³-hybridized carbons (Fsp3) is 1.00. The van der Waals surface area contributed by atoms with E-state index in [0.29, 0.717) is 42.9 Å². The quantitative estimate of drug-likeness (QED) is 0.223. The summed E-state index contributed by atoms with van der Waals surface area (Å²) in [5.41, 5.74) is 0.863. The Balaban J connectivity index is -0.000000175. The third-order valence-electron chi connectivity index (χ3n) is 18.1. The van der Waals surface area contributed by atoms with E-state index >= 15 is 0 Å². The molecule has 4 aliphatic carbocycles. The van der Waals surface area contributed by atoms with E-state index in [1.807, 2.05) is 48.5 Å². The van der Waals surface area contributed by atoms with Crippen molar-refractivity contribution in [3.05, 3.63) is 0 Å². The van der Waals surface area contributed by atoms with Crippen LogP contribution in [0.5, 0.6) is 0 Å². The maximum Gasteiger partial charge on any atom is 0.392 e. The van der Waals surface area contributed by atoms with Crippen molar-refractivity contribution in [1.82, 2.24) is 0 Å². The van der Waals surface area contributed by atoms with Crippen molar-refractivity contribution in [1.29, 1.82) is 0 Å². The van der Waals surface area contributed by atoms with Crippen LogP contribution in [0, 0.1) is 111 Å². The molecule has 0 nitrogen and oxygen atoms in total. The van der Waals surface area contributed by atoms with Crippen LogP contribution < -0.4 is 0 Å². The molecule has 0 aromatic heterocycles. The number of hydrogen-bond acceptors (Lipinski definition) is 0. The third-order valence-corrected chi connectivity index (χ3v) is 18.1. The molecular weight excluding hydrogens is 1190 g/mol. The molecule has 15 heteroatoms. The zero-order valence-corrected chi connectivity index (χ0v) is 63.8. The maximum absolute atomic E-state index is 12.4. The van der Waals surface area contributed by atoms with Gasteiger partial charge in [-0.15, -0.1) is 0 Å². The summed E-state index contributed by atoms with van der Waals surface area (Å²) >= 11 is 0. The molecule has 0 bridgehead atoms. The first-order chi connectivity index (χ1) is 40.8. The lowest BCUT2D eigenvalue weighted by molar-refractivity contribution is -0.199. The summed E-state index contributed by atoms with van der Waals surface area (Å²) in [6.07, 6.45) is -4.43. The second-order valence-corrected chi connectivity index (χ2v) is 32.0. The SMILES string of the molecule is CC1CC(C)C(C(F)(F)F)C1.CC1CC(C)CC(C(F)(F)F)C1.CC1CCC(C)C1C.CC1CCCC(C(F)(F)F)C1C.CCC(C)(C)C.CCC(C)C.CCC(C)C(F)(F)F.CCCC(C)(C)C.CCCC(C)C.CCCC(C)C(F)(F)F.[2H]C([2H])(C)C(C)(C)C. The third kappa shape index (κ3) is 64.3. The molecule has 12 unspecified atom stereocenters. The van der Waals surface area contributed by atoms with Crippen LogP contribution in [0.25, 0.3) is 0 Å². The van der Waals surface area contributed by atoms with E-state index in [1.165, 1.54) is 72.1 Å². The molecule has 4 saturated carbocycles. The standard InChI is InChI=1S/2C9H15F3.C8H13F3.C8H16.C7H16.C6H11F3.3C6H14.C5H9F3.C5H12/c1-6-3-7(2)5-8(4-6)9(10,11)12;1-6-4-3-5-8(7(6)2)9(10,11)12;1-5-3-6(2)7(4-5)8(9,10)11;1-6-4-5-7(2)8(6)3;1-5-6-7(2,3)4;1-3-4-5(2)6(7,8)9;2*1-5-6(2,3)4;1-4-5-6(2)3;1-3-4(2)5(6,7)8;1-4-5(2)3/h2*6-8H,3-5H2,1-2H3;5-7H,3-4H2,1-2H3;6-8H,4-5H2,1-3H3;5-6H2,1-4H3;5H,3-4H2,1-2H3;2*5H2,1-4H3;6H,4-5H2,1-3H3;4H,3H2,1-2H3;5H,4H2,1-3H3/i;;;;;;5D2;;;;. The predicted molar refractivity (Wildman–Crippen MR) is 362 cm³/mol. The van der Waals surface area contributed by atoms with E-state index in [-0.39, 0.29) is 53.8 Å². The van der Waals surface area contributed by atoms with Gasteiger partial charge in [-0.1, -0.05) is 285 Å². The lowest BCUT2D eigenvalue weighted by Gasteiger charge is -2.35. The molecule has 4 rings (SSSR count). The Morgan fingerprint density at radius 1 is 0.367 bits per heavy atom. The molecular formula is C75H149F15. The van der Waals surface area contributed by atoms with Crippen LogP contribution in [0.2, 0.25) is 0 Å². The highest BCUT2D eigenvalue weighted by Crippen LogP contribution is 2.46. The molecule has 0 N–H and O–H groups in total. The molecule has 0 aromatic carbocycles. The Hall–Kier alpha value is -1.05. The zero-order valence-electron chi connectivity index (χ0n) is 65.8. The first-order valence-electron chi connectivity index (χ1n) is 36.2. The summed E-state index contributed by atoms with van der Waals surface area (Å²) in [4.78, 5) is 0. The molecule has 554 valence electrons. The lowest BCUT2D eigenvalue weighted by Crippen LogP contribution is -2.35. The van der Waals surface area contributed by atoms with Gasteiger partial charge in [0.1, 0.15) is 0 Å². The van der Waals surface area contributed by atoms with E-state index in [0.717, 1.165) is 55.3 Å². The minimum absolute atomic E-state index is 0.170. The number of rotatable bonds is 7. The predicted octanol–water partition coefficient (Wildman–Crippen LogP) is 31.0. The summed E-state index contributed by atoms with van der Waals surface area (Å²) in [7, 11) is 0. The van der Waals surface area contributed by atoms with Gasteiger partial charge in [-0.05, 0) is 139 Å². The maximum atomic E-state index is 12.4. The van der Waals surface area contributed by atoms with Crippen molar-refractivity contribution >= 4 is 0 Å². The van der Waals surface area contributed by atoms with Crippen LogP contribution >= 0.6 is 0 Å². The van der Waals surface area contributed by atoms with Crippen LogP contribution in [0.15, 0.2) is 0 Å². The van der Waals surface area contributed by atoms with E-state index < -0.39 is 66.8 Å². The van der Waals surface area contributed by atoms with Crippen LogP contribution in [-0.4, -0.2) is 30.9 Å². The van der Waals surface area contributed by atoms with Crippen molar-refractivity contribution in [2.75, 3.05) is 0 Å². The van der Waals surface area contributed by atoms with Gasteiger partial charge in [0.2, 0.25) is 0 Å². The zero-order chi connectivity index (χ0) is 75.2. The highest BCUT2D eigenvalue weighted by atomic mass is 19.4. The molecule has 0 aromatic rings. The summed E-state index contributed by atoms with van der Waals surface area (Å²) in [5.74, 6) is -0.110. The number of alkyl halides is 15. The van der Waals surface area contributed by atoms with E-state index in [4.69, 9.17) is 2.74 Å². The minimum atomic E-state index is -3.99. The van der Waals surface area contributed by atoms with Crippen molar-refractivity contribution in [3.63, 3.8) is 0 Å². The highest BCUT2D eigenvalue weighted by molar-refractivity contribution is 4.84. The minimum Gasteiger partial charge on any atom is -0.171 e. The van der Waals surface area contributed by atoms with Crippen LogP contribution in [-0.2, 0) is 0 Å². The molecule has 0 radical (unpaired) electrons. The van der Waals surface area contributed by atoms with Gasteiger partial charge < -0.3 is 0 Å². The first kappa shape index (κ1) is 97.6. The molecule has 0 spiro atoms. The van der Waals surface area contributed by atoms with Gasteiger partial charge in [0, 0.05) is 2.74 Å². The smallest absolute Gasteiger partial charge is 0.171 e. The van der Waals surface area contributed by atoms with E-state index in [9.17, 15) is 65.9 Å². The van der Waals surface area contributed by atoms with Gasteiger partial charge in [0.15, 0.2) is 0 Å². The van der Waals surface area contributed by atoms with Crippen molar-refractivity contribution in [3.8, 4) is 0 Å². The van der Waals surface area contributed by atoms with E-state index in [1.54, 1.807) is 27.7 Å². The summed E-state index contributed by atoms with van der Waals surface area (Å²) in [5, 5.41) is 0. The first-order valence-corrected chi connectivity index (χ1v) is 35.2. The number of halogens is 15. The van der Waals surface area contributed by atoms with Gasteiger partial charge in [0.25, 0.3) is 0 Å². The van der Waals surface area contributed by atoms with E-state index in [2.05, 4.69) is 118 Å². The van der Waals surface area contributed by atoms with Gasteiger partial charge in [0.05, 0.1) is 29.6 Å². The lowest BCUT2D eigenvalue weighted by atomic mass is 9.73. The Kier molecular flexibility index (Phi) is 54.6. The monoisotopic (exact) mass is 1340 g/mol. The Bertz CT molecular complexity index is 1630. The largest absolute Gasteiger partial charge is 0.392 e. The van der Waals surface area contributed by atoms with Crippen molar-refractivity contribution < 1.29 is 68.6 Å². The molecule has 4 fully saturated rings.